The molecule has 1 heterocycles. The van der Waals surface area contributed by atoms with E-state index in [1.54, 1.807) is 79.7 Å². The van der Waals surface area contributed by atoms with Crippen LogP contribution in [0.3, 0.4) is 0 Å². The molecule has 0 aliphatic carbocycles. The van der Waals surface area contributed by atoms with E-state index in [0.29, 0.717) is 11.1 Å². The number of carbonyl (C=O) groups is 3. The van der Waals surface area contributed by atoms with Crippen molar-refractivity contribution in [2.45, 2.75) is 12.1 Å². The lowest BCUT2D eigenvalue weighted by atomic mass is 9.67. The van der Waals surface area contributed by atoms with Gasteiger partial charge in [-0.15, -0.1) is 0 Å². The van der Waals surface area contributed by atoms with Gasteiger partial charge in [0.1, 0.15) is 0 Å². The van der Waals surface area contributed by atoms with E-state index >= 15 is 0 Å². The maximum atomic E-state index is 14.2. The van der Waals surface area contributed by atoms with Gasteiger partial charge in [0.05, 0.1) is 12.1 Å². The Labute approximate surface area is 219 Å². The van der Waals surface area contributed by atoms with Crippen molar-refractivity contribution in [3.63, 3.8) is 0 Å². The first-order chi connectivity index (χ1) is 18.1. The number of Topliss-reactive ketones (excluding diaryl/α,β-unsaturated/α-hetero) is 2. The molecule has 0 saturated carbocycles. The van der Waals surface area contributed by atoms with E-state index in [-0.39, 0.29) is 42.7 Å². The second kappa shape index (κ2) is 11.3. The van der Waals surface area contributed by atoms with Crippen molar-refractivity contribution in [2.75, 3.05) is 33.7 Å². The molecule has 0 radical (unpaired) electrons. The van der Waals surface area contributed by atoms with E-state index in [0.717, 1.165) is 6.07 Å². The Morgan fingerprint density at radius 2 is 1.21 bits per heavy atom. The second-order valence-electron chi connectivity index (χ2n) is 9.77. The monoisotopic (exact) mass is 522 g/mol. The Kier molecular flexibility index (Phi) is 8.11. The molecule has 1 aliphatic rings. The highest BCUT2D eigenvalue weighted by atomic mass is 19.4. The zero-order valence-electron chi connectivity index (χ0n) is 21.2. The summed E-state index contributed by atoms with van der Waals surface area (Å²) in [6, 6.07) is 21.9. The van der Waals surface area contributed by atoms with Gasteiger partial charge < -0.3 is 4.90 Å². The van der Waals surface area contributed by atoms with E-state index in [9.17, 15) is 27.6 Å². The number of amides is 1. The Morgan fingerprint density at radius 1 is 0.763 bits per heavy atom. The summed E-state index contributed by atoms with van der Waals surface area (Å²) in [7, 11) is 3.21. The van der Waals surface area contributed by atoms with Gasteiger partial charge in [0.15, 0.2) is 11.6 Å². The molecular weight excluding hydrogens is 493 g/mol. The zero-order valence-corrected chi connectivity index (χ0v) is 21.2. The third kappa shape index (κ3) is 5.86. The molecule has 3 aromatic carbocycles. The molecule has 3 aromatic rings. The number of ketones is 2. The quantitative estimate of drug-likeness (QED) is 0.401. The van der Waals surface area contributed by atoms with E-state index in [4.69, 9.17) is 0 Å². The van der Waals surface area contributed by atoms with Crippen molar-refractivity contribution >= 4 is 17.5 Å². The Morgan fingerprint density at radius 3 is 1.66 bits per heavy atom. The number of rotatable bonds is 7. The Balaban J connectivity index is 1.89. The molecule has 5 nitrogen and oxygen atoms in total. The van der Waals surface area contributed by atoms with E-state index in [2.05, 4.69) is 0 Å². The fourth-order valence-electron chi connectivity index (χ4n) is 5.20. The van der Waals surface area contributed by atoms with Gasteiger partial charge in [-0.25, -0.2) is 0 Å². The predicted molar refractivity (Wildman–Crippen MR) is 138 cm³/mol. The third-order valence-electron chi connectivity index (χ3n) is 7.05. The van der Waals surface area contributed by atoms with Crippen LogP contribution in [-0.2, 0) is 11.0 Å². The van der Waals surface area contributed by atoms with Crippen molar-refractivity contribution in [1.29, 1.82) is 0 Å². The summed E-state index contributed by atoms with van der Waals surface area (Å²) in [6.07, 6.45) is -4.67. The van der Waals surface area contributed by atoms with Gasteiger partial charge in [0.25, 0.3) is 0 Å². The van der Waals surface area contributed by atoms with Crippen molar-refractivity contribution in [2.24, 2.45) is 11.8 Å². The highest BCUT2D eigenvalue weighted by Gasteiger charge is 2.48. The molecule has 1 saturated heterocycles. The predicted octanol–water partition coefficient (Wildman–Crippen LogP) is 5.19. The smallest absolute Gasteiger partial charge is 0.348 e. The summed E-state index contributed by atoms with van der Waals surface area (Å²) in [6.45, 7) is 0.0310. The molecule has 2 atom stereocenters. The van der Waals surface area contributed by atoms with Crippen molar-refractivity contribution < 1.29 is 27.6 Å². The molecule has 0 bridgehead atoms. The lowest BCUT2D eigenvalue weighted by molar-refractivity contribution is -0.138. The number of halogens is 3. The molecule has 1 amide bonds. The van der Waals surface area contributed by atoms with Gasteiger partial charge in [-0.1, -0.05) is 78.9 Å². The Hall–Kier alpha value is -3.78. The molecule has 4 rings (SSSR count). The first-order valence-corrected chi connectivity index (χ1v) is 12.3. The fourth-order valence-corrected chi connectivity index (χ4v) is 5.20. The highest BCUT2D eigenvalue weighted by Crippen LogP contribution is 2.45. The maximum absolute atomic E-state index is 14.2. The number of nitrogens with zero attached hydrogens (tertiary/aromatic N) is 2. The number of likely N-dealkylation sites (tertiary alicyclic amines) is 1. The number of hydrogen-bond acceptors (Lipinski definition) is 4. The lowest BCUT2D eigenvalue weighted by Crippen LogP contribution is -2.52. The highest BCUT2D eigenvalue weighted by molar-refractivity contribution is 6.02. The first kappa shape index (κ1) is 27.3. The van der Waals surface area contributed by atoms with Gasteiger partial charge >= 0.3 is 6.18 Å². The van der Waals surface area contributed by atoms with Crippen LogP contribution in [0, 0.1) is 11.8 Å². The topological polar surface area (TPSA) is 57.7 Å². The summed E-state index contributed by atoms with van der Waals surface area (Å²) in [5.74, 6) is -3.96. The SMILES string of the molecule is CN(C)C(=O)CN1C[C@H](C(=O)c2ccccc2)C(c2ccccc2C(F)(F)F)[C@@H](C(=O)c2ccccc2)C1. The van der Waals surface area contributed by atoms with Crippen LogP contribution in [-0.4, -0.2) is 61.0 Å². The van der Waals surface area contributed by atoms with Gasteiger partial charge in [0.2, 0.25) is 5.91 Å². The molecule has 38 heavy (non-hydrogen) atoms. The van der Waals surface area contributed by atoms with Crippen molar-refractivity contribution in [3.05, 3.63) is 107 Å². The molecule has 0 N–H and O–H groups in total. The minimum Gasteiger partial charge on any atom is -0.348 e. The summed E-state index contributed by atoms with van der Waals surface area (Å²) in [5.41, 5.74) is -0.251. The summed E-state index contributed by atoms with van der Waals surface area (Å²) < 4.78 is 42.6. The van der Waals surface area contributed by atoms with Gasteiger partial charge in [-0.05, 0) is 11.6 Å². The van der Waals surface area contributed by atoms with Crippen molar-refractivity contribution in [3.8, 4) is 0 Å². The zero-order chi connectivity index (χ0) is 27.4. The number of alkyl halides is 3. The average Bonchev–Trinajstić information content (AvgIpc) is 2.92. The largest absolute Gasteiger partial charge is 0.416 e. The lowest BCUT2D eigenvalue weighted by Gasteiger charge is -2.43. The minimum absolute atomic E-state index is 0.0444. The first-order valence-electron chi connectivity index (χ1n) is 12.3. The van der Waals surface area contributed by atoms with Crippen LogP contribution < -0.4 is 0 Å². The maximum Gasteiger partial charge on any atom is 0.416 e. The number of hydrogen-bond donors (Lipinski definition) is 0. The standard InChI is InChI=1S/C30H29F3N2O3/c1-34(2)26(36)19-35-17-23(28(37)20-11-5-3-6-12-20)27(22-15-9-10-16-25(22)30(31,32)33)24(18-35)29(38)21-13-7-4-8-14-21/h3-16,23-24,27H,17-19H2,1-2H3/t23-,24-/m0/s1. The molecule has 0 unspecified atom stereocenters. The van der Waals surface area contributed by atoms with Gasteiger partial charge in [0, 0.05) is 56.1 Å². The minimum atomic E-state index is -4.67. The molecule has 1 aliphatic heterocycles. The molecule has 198 valence electrons. The van der Waals surface area contributed by atoms with E-state index < -0.39 is 29.5 Å². The van der Waals surface area contributed by atoms with Crippen LogP contribution in [0.2, 0.25) is 0 Å². The number of benzene rings is 3. The van der Waals surface area contributed by atoms with Gasteiger partial charge in [-0.3, -0.25) is 19.3 Å². The van der Waals surface area contributed by atoms with E-state index in [1.807, 2.05) is 0 Å². The van der Waals surface area contributed by atoms with Crippen LogP contribution in [0.4, 0.5) is 13.2 Å². The summed E-state index contributed by atoms with van der Waals surface area (Å²) in [4.78, 5) is 43.5. The van der Waals surface area contributed by atoms with E-state index in [1.165, 1.54) is 23.1 Å². The fraction of sp³-hybridized carbons (Fsp3) is 0.300. The molecular formula is C30H29F3N2O3. The molecule has 8 heteroatoms. The average molecular weight is 523 g/mol. The van der Waals surface area contributed by atoms with Crippen LogP contribution >= 0.6 is 0 Å². The Bertz CT molecular complexity index is 1230. The van der Waals surface area contributed by atoms with Crippen LogP contribution in [0.25, 0.3) is 0 Å². The van der Waals surface area contributed by atoms with Gasteiger partial charge in [-0.2, -0.15) is 13.2 Å². The summed E-state index contributed by atoms with van der Waals surface area (Å²) >= 11 is 0. The van der Waals surface area contributed by atoms with Crippen molar-refractivity contribution in [1.82, 2.24) is 9.80 Å². The summed E-state index contributed by atoms with van der Waals surface area (Å²) in [5, 5.41) is 0. The van der Waals surface area contributed by atoms with Crippen LogP contribution in [0.15, 0.2) is 84.9 Å². The number of carbonyl (C=O) groups excluding carboxylic acids is 3. The third-order valence-corrected chi connectivity index (χ3v) is 7.05. The number of piperidine rings is 1. The molecule has 0 aromatic heterocycles. The second-order valence-corrected chi connectivity index (χ2v) is 9.77. The number of likely N-dealkylation sites (N-methyl/N-ethyl adjacent to an activating group) is 1. The molecule has 0 spiro atoms. The van der Waals surface area contributed by atoms with Crippen LogP contribution in [0.1, 0.15) is 37.8 Å². The normalized spacial score (nSPS) is 18.7. The molecule has 1 fully saturated rings. The van der Waals surface area contributed by atoms with Crippen LogP contribution in [0.5, 0.6) is 0 Å².